The molecule has 0 fully saturated rings. The number of halogens is 1. The Morgan fingerprint density at radius 3 is 2.67 bits per heavy atom. The predicted molar refractivity (Wildman–Crippen MR) is 88.4 cm³/mol. The highest BCUT2D eigenvalue weighted by Gasteiger charge is 2.10. The van der Waals surface area contributed by atoms with E-state index in [4.69, 9.17) is 0 Å². The van der Waals surface area contributed by atoms with Gasteiger partial charge in [0.2, 0.25) is 11.8 Å². The molecule has 1 aromatic heterocycles. The zero-order valence-electron chi connectivity index (χ0n) is 13.5. The van der Waals surface area contributed by atoms with Crippen molar-refractivity contribution < 1.29 is 14.0 Å². The summed E-state index contributed by atoms with van der Waals surface area (Å²) >= 11 is 0. The highest BCUT2D eigenvalue weighted by molar-refractivity contribution is 5.78. The van der Waals surface area contributed by atoms with Crippen molar-refractivity contribution in [2.75, 3.05) is 13.1 Å². The summed E-state index contributed by atoms with van der Waals surface area (Å²) in [6.07, 6.45) is 3.49. The van der Waals surface area contributed by atoms with Gasteiger partial charge in [0.1, 0.15) is 5.82 Å². The summed E-state index contributed by atoms with van der Waals surface area (Å²) in [5.41, 5.74) is 1.55. The molecule has 0 atom stereocenters. The van der Waals surface area contributed by atoms with Crippen LogP contribution < -0.4 is 5.32 Å². The van der Waals surface area contributed by atoms with E-state index in [1.54, 1.807) is 29.4 Å². The molecule has 0 aliphatic rings. The second-order valence-corrected chi connectivity index (χ2v) is 5.46. The molecule has 2 rings (SSSR count). The quantitative estimate of drug-likeness (QED) is 0.844. The van der Waals surface area contributed by atoms with E-state index in [0.29, 0.717) is 25.2 Å². The third-order valence-electron chi connectivity index (χ3n) is 3.50. The fourth-order valence-corrected chi connectivity index (χ4v) is 2.28. The molecule has 1 aromatic carbocycles. The first kappa shape index (κ1) is 17.6. The minimum absolute atomic E-state index is 0.0711. The lowest BCUT2D eigenvalue weighted by Crippen LogP contribution is -2.37. The van der Waals surface area contributed by atoms with Crippen LogP contribution in [-0.4, -0.2) is 34.8 Å². The highest BCUT2D eigenvalue weighted by Crippen LogP contribution is 2.05. The number of rotatable bonds is 7. The standard InChI is InChI=1S/C18H20FN3O2/c1-14(23)22(13-16-5-3-7-20-12-16)9-8-21-18(24)11-15-4-2-6-17(19)10-15/h2-7,10,12H,8-9,11,13H2,1H3,(H,21,24). The molecule has 0 aliphatic heterocycles. The number of nitrogens with one attached hydrogen (secondary N) is 1. The van der Waals surface area contributed by atoms with E-state index in [1.807, 2.05) is 12.1 Å². The number of hydrogen-bond acceptors (Lipinski definition) is 3. The normalized spacial score (nSPS) is 10.2. The van der Waals surface area contributed by atoms with Crippen LogP contribution in [0.15, 0.2) is 48.8 Å². The van der Waals surface area contributed by atoms with Crippen molar-refractivity contribution in [3.63, 3.8) is 0 Å². The molecule has 0 radical (unpaired) electrons. The van der Waals surface area contributed by atoms with E-state index in [2.05, 4.69) is 10.3 Å². The summed E-state index contributed by atoms with van der Waals surface area (Å²) in [5, 5.41) is 2.75. The van der Waals surface area contributed by atoms with Crippen molar-refractivity contribution in [2.45, 2.75) is 19.9 Å². The number of amides is 2. The number of carbonyl (C=O) groups excluding carboxylic acids is 2. The van der Waals surface area contributed by atoms with E-state index < -0.39 is 0 Å². The predicted octanol–water partition coefficient (Wildman–Crippen LogP) is 1.93. The van der Waals surface area contributed by atoms with Gasteiger partial charge >= 0.3 is 0 Å². The van der Waals surface area contributed by atoms with Crippen LogP contribution in [0.3, 0.4) is 0 Å². The number of nitrogens with zero attached hydrogens (tertiary/aromatic N) is 2. The van der Waals surface area contributed by atoms with Crippen LogP contribution >= 0.6 is 0 Å². The monoisotopic (exact) mass is 329 g/mol. The average molecular weight is 329 g/mol. The Morgan fingerprint density at radius 2 is 2.00 bits per heavy atom. The maximum absolute atomic E-state index is 13.1. The maximum atomic E-state index is 13.1. The first-order valence-electron chi connectivity index (χ1n) is 7.70. The van der Waals surface area contributed by atoms with Gasteiger partial charge in [-0.2, -0.15) is 0 Å². The van der Waals surface area contributed by atoms with Crippen molar-refractivity contribution in [1.82, 2.24) is 15.2 Å². The molecule has 0 saturated carbocycles. The largest absolute Gasteiger partial charge is 0.354 e. The molecule has 0 bridgehead atoms. The lowest BCUT2D eigenvalue weighted by molar-refractivity contribution is -0.130. The Hall–Kier alpha value is -2.76. The van der Waals surface area contributed by atoms with E-state index in [1.165, 1.54) is 19.1 Å². The fraction of sp³-hybridized carbons (Fsp3) is 0.278. The number of benzene rings is 1. The molecule has 1 heterocycles. The molecule has 126 valence electrons. The molecule has 0 unspecified atom stereocenters. The van der Waals surface area contributed by atoms with Gasteiger partial charge in [-0.3, -0.25) is 14.6 Å². The van der Waals surface area contributed by atoms with Gasteiger partial charge in [-0.05, 0) is 29.3 Å². The third-order valence-corrected chi connectivity index (χ3v) is 3.50. The van der Waals surface area contributed by atoms with Gasteiger partial charge in [0.15, 0.2) is 0 Å². The molecule has 0 aliphatic carbocycles. The Labute approximate surface area is 140 Å². The Morgan fingerprint density at radius 1 is 1.21 bits per heavy atom. The van der Waals surface area contributed by atoms with Gasteiger partial charge in [-0.25, -0.2) is 4.39 Å². The van der Waals surface area contributed by atoms with E-state index in [0.717, 1.165) is 5.56 Å². The van der Waals surface area contributed by atoms with Crippen LogP contribution in [-0.2, 0) is 22.6 Å². The van der Waals surface area contributed by atoms with Crippen molar-refractivity contribution >= 4 is 11.8 Å². The summed E-state index contributed by atoms with van der Waals surface area (Å²) in [6.45, 7) is 2.68. The van der Waals surface area contributed by atoms with E-state index in [9.17, 15) is 14.0 Å². The SMILES string of the molecule is CC(=O)N(CCNC(=O)Cc1cccc(F)c1)Cc1cccnc1. The Bertz CT molecular complexity index is 692. The Kier molecular flexibility index (Phi) is 6.42. The van der Waals surface area contributed by atoms with Crippen LogP contribution in [0.2, 0.25) is 0 Å². The fourth-order valence-electron chi connectivity index (χ4n) is 2.28. The zero-order valence-corrected chi connectivity index (χ0v) is 13.5. The molecule has 0 saturated heterocycles. The van der Waals surface area contributed by atoms with Gasteiger partial charge in [-0.1, -0.05) is 18.2 Å². The lowest BCUT2D eigenvalue weighted by atomic mass is 10.1. The first-order chi connectivity index (χ1) is 11.5. The molecule has 0 spiro atoms. The third kappa shape index (κ3) is 5.79. The molecule has 2 aromatic rings. The van der Waals surface area contributed by atoms with Gasteiger partial charge < -0.3 is 10.2 Å². The smallest absolute Gasteiger partial charge is 0.224 e. The summed E-state index contributed by atoms with van der Waals surface area (Å²) in [4.78, 5) is 29.2. The van der Waals surface area contributed by atoms with Crippen LogP contribution in [0.1, 0.15) is 18.1 Å². The van der Waals surface area contributed by atoms with Gasteiger partial charge in [0.25, 0.3) is 0 Å². The average Bonchev–Trinajstić information content (AvgIpc) is 2.54. The van der Waals surface area contributed by atoms with Crippen LogP contribution in [0, 0.1) is 5.82 Å². The first-order valence-corrected chi connectivity index (χ1v) is 7.70. The molecule has 24 heavy (non-hydrogen) atoms. The van der Waals surface area contributed by atoms with E-state index in [-0.39, 0.29) is 24.1 Å². The van der Waals surface area contributed by atoms with Crippen LogP contribution in [0.25, 0.3) is 0 Å². The molecular weight excluding hydrogens is 309 g/mol. The number of aromatic nitrogens is 1. The second kappa shape index (κ2) is 8.76. The molecule has 2 amide bonds. The van der Waals surface area contributed by atoms with E-state index >= 15 is 0 Å². The summed E-state index contributed by atoms with van der Waals surface area (Å²) < 4.78 is 13.1. The summed E-state index contributed by atoms with van der Waals surface area (Å²) in [5.74, 6) is -0.636. The zero-order chi connectivity index (χ0) is 17.4. The topological polar surface area (TPSA) is 62.3 Å². The van der Waals surface area contributed by atoms with Gasteiger partial charge in [-0.15, -0.1) is 0 Å². The van der Waals surface area contributed by atoms with Gasteiger partial charge in [0, 0.05) is 39.0 Å². The maximum Gasteiger partial charge on any atom is 0.224 e. The number of carbonyl (C=O) groups is 2. The highest BCUT2D eigenvalue weighted by atomic mass is 19.1. The minimum atomic E-state index is -0.362. The summed E-state index contributed by atoms with van der Waals surface area (Å²) in [6, 6.07) is 9.66. The van der Waals surface area contributed by atoms with Crippen molar-refractivity contribution in [2.24, 2.45) is 0 Å². The molecule has 5 nitrogen and oxygen atoms in total. The lowest BCUT2D eigenvalue weighted by Gasteiger charge is -2.21. The number of hydrogen-bond donors (Lipinski definition) is 1. The van der Waals surface area contributed by atoms with Crippen molar-refractivity contribution in [1.29, 1.82) is 0 Å². The molecule has 1 N–H and O–H groups in total. The van der Waals surface area contributed by atoms with Crippen LogP contribution in [0.4, 0.5) is 4.39 Å². The van der Waals surface area contributed by atoms with Gasteiger partial charge in [0.05, 0.1) is 6.42 Å². The van der Waals surface area contributed by atoms with Crippen molar-refractivity contribution in [3.8, 4) is 0 Å². The van der Waals surface area contributed by atoms with Crippen LogP contribution in [0.5, 0.6) is 0 Å². The van der Waals surface area contributed by atoms with Crippen molar-refractivity contribution in [3.05, 3.63) is 65.7 Å². The summed E-state index contributed by atoms with van der Waals surface area (Å²) in [7, 11) is 0. The molecular formula is C18H20FN3O2. The Balaban J connectivity index is 1.80. The molecule has 6 heteroatoms. The second-order valence-electron chi connectivity index (χ2n) is 5.46. The minimum Gasteiger partial charge on any atom is -0.354 e. The number of pyridine rings is 1.